The molecule has 0 fully saturated rings. The van der Waals surface area contributed by atoms with Crippen LogP contribution >= 0.6 is 24.8 Å². The summed E-state index contributed by atoms with van der Waals surface area (Å²) in [6.07, 6.45) is 0. The molecule has 3 N–H and O–H groups in total. The predicted molar refractivity (Wildman–Crippen MR) is 64.4 cm³/mol. The second-order valence-electron chi connectivity index (χ2n) is 2.37. The molecule has 0 aromatic heterocycles. The third kappa shape index (κ3) is 6.97. The molecule has 0 spiro atoms. The lowest BCUT2D eigenvalue weighted by Crippen LogP contribution is -2.13. The molecule has 0 radical (unpaired) electrons. The van der Waals surface area contributed by atoms with Gasteiger partial charge in [0.1, 0.15) is 0 Å². The van der Waals surface area contributed by atoms with Gasteiger partial charge in [0.15, 0.2) is 0 Å². The summed E-state index contributed by atoms with van der Waals surface area (Å²) in [7, 11) is 0. The first-order chi connectivity index (χ1) is 5.93. The summed E-state index contributed by atoms with van der Waals surface area (Å²) in [5.74, 6) is 0. The number of benzene rings is 1. The highest BCUT2D eigenvalue weighted by atomic mass is 35.5. The van der Waals surface area contributed by atoms with E-state index < -0.39 is 0 Å². The Bertz CT molecular complexity index is 209. The Morgan fingerprint density at radius 2 is 1.79 bits per heavy atom. The van der Waals surface area contributed by atoms with Crippen molar-refractivity contribution in [2.24, 2.45) is 5.73 Å². The highest BCUT2D eigenvalue weighted by molar-refractivity contribution is 5.85. The minimum Gasteiger partial charge on any atom is -0.383 e. The number of anilines is 1. The third-order valence-corrected chi connectivity index (χ3v) is 1.47. The lowest BCUT2D eigenvalue weighted by Gasteiger charge is -2.04. The molecule has 14 heavy (non-hydrogen) atoms. The van der Waals surface area contributed by atoms with Gasteiger partial charge in [-0.1, -0.05) is 18.2 Å². The Labute approximate surface area is 96.8 Å². The number of ether oxygens (including phenoxy) is 1. The van der Waals surface area contributed by atoms with Crippen LogP contribution in [0.3, 0.4) is 0 Å². The number of nitrogens with two attached hydrogens (primary N) is 1. The van der Waals surface area contributed by atoms with Gasteiger partial charge in [-0.25, -0.2) is 0 Å². The van der Waals surface area contributed by atoms with Gasteiger partial charge in [-0.3, -0.25) is 0 Å². The maximum absolute atomic E-state index is 5.16. The first kappa shape index (κ1) is 16.0. The molecule has 0 aliphatic carbocycles. The Balaban J connectivity index is 0. The monoisotopic (exact) mass is 238 g/mol. The number of hydrogen-bond acceptors (Lipinski definition) is 3. The summed E-state index contributed by atoms with van der Waals surface area (Å²) >= 11 is 0. The molecule has 5 heteroatoms. The van der Waals surface area contributed by atoms with Crippen LogP contribution in [0.15, 0.2) is 30.3 Å². The molecule has 82 valence electrons. The van der Waals surface area contributed by atoms with E-state index in [-0.39, 0.29) is 31.5 Å². The Morgan fingerprint density at radius 3 is 2.36 bits per heavy atom. The molecule has 0 amide bonds. The maximum atomic E-state index is 5.16. The van der Waals surface area contributed by atoms with Gasteiger partial charge >= 0.3 is 0 Å². The Morgan fingerprint density at radius 1 is 1.14 bits per heavy atom. The van der Waals surface area contributed by atoms with Gasteiger partial charge in [-0.05, 0) is 12.1 Å². The number of hydrogen-bond donors (Lipinski definition) is 2. The lowest BCUT2D eigenvalue weighted by atomic mass is 10.3. The molecule has 0 bridgehead atoms. The molecule has 1 aromatic carbocycles. The molecular formula is C9H16Cl2N2O. The Hall–Kier alpha value is -0.480. The lowest BCUT2D eigenvalue weighted by molar-refractivity contribution is 0.151. The fourth-order valence-electron chi connectivity index (χ4n) is 0.907. The normalized spacial score (nSPS) is 8.36. The van der Waals surface area contributed by atoms with Gasteiger partial charge in [0.25, 0.3) is 0 Å². The van der Waals surface area contributed by atoms with Crippen LogP contribution in [0.5, 0.6) is 0 Å². The third-order valence-electron chi connectivity index (χ3n) is 1.47. The molecule has 0 saturated carbocycles. The average Bonchev–Trinajstić information content (AvgIpc) is 2.14. The van der Waals surface area contributed by atoms with Crippen molar-refractivity contribution in [3.05, 3.63) is 30.3 Å². The summed E-state index contributed by atoms with van der Waals surface area (Å²) < 4.78 is 4.97. The van der Waals surface area contributed by atoms with Crippen LogP contribution in [-0.2, 0) is 4.74 Å². The predicted octanol–water partition coefficient (Wildman–Crippen LogP) is 1.87. The van der Waals surface area contributed by atoms with Crippen molar-refractivity contribution in [1.29, 1.82) is 0 Å². The van der Waals surface area contributed by atoms with E-state index in [1.165, 1.54) is 0 Å². The smallest absolute Gasteiger partial charge is 0.0941 e. The van der Waals surface area contributed by atoms with Crippen LogP contribution in [0.4, 0.5) is 5.69 Å². The number of para-hydroxylation sites is 1. The van der Waals surface area contributed by atoms with Crippen molar-refractivity contribution in [1.82, 2.24) is 0 Å². The molecule has 0 aliphatic heterocycles. The fraction of sp³-hybridized carbons (Fsp3) is 0.333. The molecule has 1 rings (SSSR count). The van der Waals surface area contributed by atoms with Gasteiger partial charge in [0, 0.05) is 12.2 Å². The summed E-state index contributed by atoms with van der Waals surface area (Å²) in [6.45, 7) is 1.73. The molecular weight excluding hydrogens is 223 g/mol. The maximum Gasteiger partial charge on any atom is 0.0941 e. The van der Waals surface area contributed by atoms with Crippen molar-refractivity contribution in [3.63, 3.8) is 0 Å². The van der Waals surface area contributed by atoms with Crippen molar-refractivity contribution in [2.45, 2.75) is 0 Å². The largest absolute Gasteiger partial charge is 0.383 e. The van der Waals surface area contributed by atoms with Gasteiger partial charge < -0.3 is 15.8 Å². The zero-order chi connectivity index (χ0) is 8.65. The first-order valence-electron chi connectivity index (χ1n) is 4.00. The van der Waals surface area contributed by atoms with Crippen LogP contribution in [0.1, 0.15) is 0 Å². The van der Waals surface area contributed by atoms with Crippen LogP contribution < -0.4 is 11.1 Å². The quantitative estimate of drug-likeness (QED) is 0.609. The zero-order valence-corrected chi connectivity index (χ0v) is 9.44. The van der Waals surface area contributed by atoms with Crippen LogP contribution in [0, 0.1) is 0 Å². The fourth-order valence-corrected chi connectivity index (χ4v) is 0.907. The van der Waals surface area contributed by atoms with Gasteiger partial charge in [-0.15, -0.1) is 24.8 Å². The highest BCUT2D eigenvalue weighted by Gasteiger charge is 1.87. The number of halogens is 2. The summed E-state index contributed by atoms with van der Waals surface area (Å²) in [5.41, 5.74) is 6.27. The van der Waals surface area contributed by atoms with Crippen LogP contribution in [-0.4, -0.2) is 19.9 Å². The average molecular weight is 239 g/mol. The molecule has 1 aromatic rings. The molecule has 0 saturated heterocycles. The van der Waals surface area contributed by atoms with Crippen LogP contribution in [0.25, 0.3) is 0 Å². The second kappa shape index (κ2) is 10.6. The van der Waals surface area contributed by atoms with E-state index in [0.717, 1.165) is 12.2 Å². The van der Waals surface area contributed by atoms with Crippen molar-refractivity contribution in [3.8, 4) is 0 Å². The number of rotatable bonds is 5. The Kier molecular flexibility index (Phi) is 12.1. The topological polar surface area (TPSA) is 47.3 Å². The van der Waals surface area contributed by atoms with Gasteiger partial charge in [0.05, 0.1) is 13.3 Å². The summed E-state index contributed by atoms with van der Waals surface area (Å²) in [4.78, 5) is 0. The van der Waals surface area contributed by atoms with Gasteiger partial charge in [-0.2, -0.15) is 0 Å². The molecule has 3 nitrogen and oxygen atoms in total. The number of nitrogens with one attached hydrogen (secondary N) is 1. The molecule has 0 unspecified atom stereocenters. The van der Waals surface area contributed by atoms with Crippen LogP contribution in [0.2, 0.25) is 0 Å². The van der Waals surface area contributed by atoms with E-state index in [2.05, 4.69) is 5.32 Å². The van der Waals surface area contributed by atoms with Crippen molar-refractivity contribution < 1.29 is 4.74 Å². The standard InChI is InChI=1S/C9H14N2O.2ClH/c10-8-12-7-6-11-9-4-2-1-3-5-9;;/h1-5,11H,6-8,10H2;2*1H. The first-order valence-corrected chi connectivity index (χ1v) is 4.00. The summed E-state index contributed by atoms with van der Waals surface area (Å²) in [6, 6.07) is 10.0. The van der Waals surface area contributed by atoms with E-state index in [9.17, 15) is 0 Å². The molecule has 0 aliphatic rings. The zero-order valence-electron chi connectivity index (χ0n) is 7.81. The summed E-state index contributed by atoms with van der Waals surface area (Å²) in [5, 5.41) is 3.20. The van der Waals surface area contributed by atoms with E-state index in [1.54, 1.807) is 0 Å². The minimum absolute atomic E-state index is 0. The highest BCUT2D eigenvalue weighted by Crippen LogP contribution is 2.03. The van der Waals surface area contributed by atoms with Gasteiger partial charge in [0.2, 0.25) is 0 Å². The van der Waals surface area contributed by atoms with Crippen molar-refractivity contribution in [2.75, 3.05) is 25.2 Å². The molecule has 0 heterocycles. The second-order valence-corrected chi connectivity index (χ2v) is 2.37. The molecule has 0 atom stereocenters. The van der Waals surface area contributed by atoms with E-state index >= 15 is 0 Å². The van der Waals surface area contributed by atoms with E-state index in [1.807, 2.05) is 30.3 Å². The van der Waals surface area contributed by atoms with E-state index in [4.69, 9.17) is 10.5 Å². The van der Waals surface area contributed by atoms with Crippen molar-refractivity contribution >= 4 is 30.5 Å². The van der Waals surface area contributed by atoms with E-state index in [0.29, 0.717) is 6.61 Å². The minimum atomic E-state index is 0. The SMILES string of the molecule is Cl.Cl.NCOCCNc1ccccc1.